The van der Waals surface area contributed by atoms with Crippen LogP contribution in [-0.4, -0.2) is 21.3 Å². The van der Waals surface area contributed by atoms with Crippen LogP contribution < -0.4 is 10.7 Å². The van der Waals surface area contributed by atoms with Gasteiger partial charge in [-0.1, -0.05) is 64.4 Å². The van der Waals surface area contributed by atoms with Gasteiger partial charge in [-0.15, -0.1) is 0 Å². The Kier molecular flexibility index (Phi) is 7.35. The van der Waals surface area contributed by atoms with E-state index in [1.54, 1.807) is 24.3 Å². The standard InChI is InChI=1S/C22H15Cl2N3O3S3/c1-12-2-6-15(7-3-12)32-19-9-5-14(30-19)11-18-20(28)27(22(31)33-18)26-21(29)25-13-4-8-16(23)17(24)10-13/h2-11H,1H3,(H2,25,26,29)/b18-11-. The maximum atomic E-state index is 12.8. The molecule has 0 aliphatic carbocycles. The van der Waals surface area contributed by atoms with Crippen LogP contribution in [0.4, 0.5) is 10.5 Å². The average molecular weight is 536 g/mol. The number of halogens is 2. The van der Waals surface area contributed by atoms with Gasteiger partial charge in [0.25, 0.3) is 5.91 Å². The zero-order chi connectivity index (χ0) is 23.5. The number of thioether (sulfide) groups is 1. The van der Waals surface area contributed by atoms with Gasteiger partial charge in [0, 0.05) is 16.7 Å². The SMILES string of the molecule is Cc1ccc(Sc2ccc(/C=C3\SC(=S)N(NC(=O)Nc4ccc(Cl)c(Cl)c4)C3=O)o2)cc1. The molecule has 3 aromatic rings. The fourth-order valence-electron chi connectivity index (χ4n) is 2.72. The van der Waals surface area contributed by atoms with Gasteiger partial charge in [0.1, 0.15) is 5.76 Å². The first-order valence-electron chi connectivity index (χ1n) is 9.43. The van der Waals surface area contributed by atoms with E-state index in [4.69, 9.17) is 39.8 Å². The van der Waals surface area contributed by atoms with Crippen LogP contribution >= 0.6 is 58.9 Å². The second kappa shape index (κ2) is 10.2. The van der Waals surface area contributed by atoms with E-state index in [-0.39, 0.29) is 4.32 Å². The lowest BCUT2D eigenvalue weighted by Gasteiger charge is -2.16. The van der Waals surface area contributed by atoms with E-state index in [0.717, 1.165) is 21.7 Å². The minimum absolute atomic E-state index is 0.191. The van der Waals surface area contributed by atoms with Crippen molar-refractivity contribution >= 4 is 87.0 Å². The van der Waals surface area contributed by atoms with E-state index in [1.807, 2.05) is 37.3 Å². The van der Waals surface area contributed by atoms with Crippen molar-refractivity contribution in [3.05, 3.63) is 80.9 Å². The fourth-order valence-corrected chi connectivity index (χ4v) is 4.95. The van der Waals surface area contributed by atoms with Crippen LogP contribution in [0.5, 0.6) is 0 Å². The van der Waals surface area contributed by atoms with Crippen LogP contribution in [0.15, 0.2) is 73.9 Å². The van der Waals surface area contributed by atoms with Crippen molar-refractivity contribution in [2.45, 2.75) is 16.9 Å². The second-order valence-electron chi connectivity index (χ2n) is 6.78. The summed E-state index contributed by atoms with van der Waals surface area (Å²) in [6.07, 6.45) is 1.59. The number of thiocarbonyl (C=S) groups is 1. The summed E-state index contributed by atoms with van der Waals surface area (Å²) in [7, 11) is 0. The third kappa shape index (κ3) is 5.93. The van der Waals surface area contributed by atoms with Crippen molar-refractivity contribution in [3.8, 4) is 0 Å². The summed E-state index contributed by atoms with van der Waals surface area (Å²) in [5.41, 5.74) is 4.03. The average Bonchev–Trinajstić information content (AvgIpc) is 3.32. The Hall–Kier alpha value is -2.43. The first-order valence-corrected chi connectivity index (χ1v) is 12.2. The first-order chi connectivity index (χ1) is 15.8. The zero-order valence-electron chi connectivity index (χ0n) is 16.9. The van der Waals surface area contributed by atoms with Crippen LogP contribution in [0.1, 0.15) is 11.3 Å². The molecule has 0 atom stereocenters. The van der Waals surface area contributed by atoms with Gasteiger partial charge in [-0.25, -0.2) is 10.2 Å². The maximum absolute atomic E-state index is 12.8. The molecule has 0 bridgehead atoms. The number of nitrogens with zero attached hydrogens (tertiary/aromatic N) is 1. The summed E-state index contributed by atoms with van der Waals surface area (Å²) in [5, 5.41) is 4.93. The highest BCUT2D eigenvalue weighted by Crippen LogP contribution is 2.34. The van der Waals surface area contributed by atoms with Gasteiger partial charge in [-0.05, 0) is 61.6 Å². The molecule has 0 unspecified atom stereocenters. The summed E-state index contributed by atoms with van der Waals surface area (Å²) in [5.74, 6) is 0.0452. The highest BCUT2D eigenvalue weighted by Gasteiger charge is 2.34. The third-order valence-electron chi connectivity index (χ3n) is 4.30. The molecule has 1 saturated heterocycles. The number of carbonyl (C=O) groups is 2. The predicted octanol–water partition coefficient (Wildman–Crippen LogP) is 6.98. The number of aryl methyl sites for hydroxylation is 1. The minimum Gasteiger partial charge on any atom is -0.450 e. The Morgan fingerprint density at radius 2 is 1.88 bits per heavy atom. The number of furan rings is 1. The topological polar surface area (TPSA) is 74.6 Å². The molecule has 0 spiro atoms. The third-order valence-corrected chi connectivity index (χ3v) is 7.27. The molecule has 1 aliphatic heterocycles. The quantitative estimate of drug-likeness (QED) is 0.271. The molecule has 2 aromatic carbocycles. The number of carbonyl (C=O) groups excluding carboxylic acids is 2. The normalized spacial score (nSPS) is 14.8. The summed E-state index contributed by atoms with van der Waals surface area (Å²) in [4.78, 5) is 26.5. The molecule has 3 amide bonds. The molecule has 168 valence electrons. The van der Waals surface area contributed by atoms with Gasteiger partial charge in [0.05, 0.1) is 15.0 Å². The summed E-state index contributed by atoms with van der Waals surface area (Å²) >= 11 is 19.6. The Bertz CT molecular complexity index is 1280. The molecule has 1 fully saturated rings. The molecule has 2 heterocycles. The van der Waals surface area contributed by atoms with E-state index in [1.165, 1.54) is 23.4 Å². The van der Waals surface area contributed by atoms with Crippen LogP contribution in [0.3, 0.4) is 0 Å². The van der Waals surface area contributed by atoms with Crippen LogP contribution in [0.2, 0.25) is 10.0 Å². The predicted molar refractivity (Wildman–Crippen MR) is 138 cm³/mol. The number of rotatable bonds is 5. The highest BCUT2D eigenvalue weighted by atomic mass is 35.5. The molecule has 11 heteroatoms. The van der Waals surface area contributed by atoms with Crippen LogP contribution in [0.25, 0.3) is 6.08 Å². The molecule has 1 aliphatic rings. The van der Waals surface area contributed by atoms with Gasteiger partial charge in [-0.2, -0.15) is 5.01 Å². The Balaban J connectivity index is 1.40. The monoisotopic (exact) mass is 535 g/mol. The second-order valence-corrected chi connectivity index (χ2v) is 10.4. The zero-order valence-corrected chi connectivity index (χ0v) is 20.9. The number of hydrazine groups is 1. The van der Waals surface area contributed by atoms with E-state index < -0.39 is 11.9 Å². The summed E-state index contributed by atoms with van der Waals surface area (Å²) < 4.78 is 6.01. The molecule has 6 nitrogen and oxygen atoms in total. The lowest BCUT2D eigenvalue weighted by Crippen LogP contribution is -2.46. The van der Waals surface area contributed by atoms with E-state index >= 15 is 0 Å². The van der Waals surface area contributed by atoms with Gasteiger partial charge < -0.3 is 9.73 Å². The van der Waals surface area contributed by atoms with E-state index in [0.29, 0.717) is 31.5 Å². The van der Waals surface area contributed by atoms with Crippen molar-refractivity contribution in [1.82, 2.24) is 10.4 Å². The highest BCUT2D eigenvalue weighted by molar-refractivity contribution is 8.26. The number of urea groups is 1. The Labute approximate surface area is 213 Å². The molecular weight excluding hydrogens is 521 g/mol. The van der Waals surface area contributed by atoms with Crippen molar-refractivity contribution in [3.63, 3.8) is 0 Å². The Morgan fingerprint density at radius 3 is 2.61 bits per heavy atom. The van der Waals surface area contributed by atoms with Gasteiger partial charge in [0.2, 0.25) is 0 Å². The van der Waals surface area contributed by atoms with Crippen LogP contribution in [0, 0.1) is 6.92 Å². The van der Waals surface area contributed by atoms with Crippen LogP contribution in [-0.2, 0) is 4.79 Å². The lowest BCUT2D eigenvalue weighted by molar-refractivity contribution is -0.123. The van der Waals surface area contributed by atoms with Crippen molar-refractivity contribution in [2.75, 3.05) is 5.32 Å². The minimum atomic E-state index is -0.652. The van der Waals surface area contributed by atoms with Gasteiger partial charge in [-0.3, -0.25) is 4.79 Å². The molecule has 2 N–H and O–H groups in total. The number of anilines is 1. The number of amides is 3. The van der Waals surface area contributed by atoms with Gasteiger partial charge >= 0.3 is 6.03 Å². The first kappa shape index (κ1) is 23.7. The number of nitrogens with one attached hydrogen (secondary N) is 2. The molecule has 1 aromatic heterocycles. The largest absolute Gasteiger partial charge is 0.450 e. The maximum Gasteiger partial charge on any atom is 0.338 e. The fraction of sp³-hybridized carbons (Fsp3) is 0.0455. The molecule has 0 saturated carbocycles. The molecule has 33 heavy (non-hydrogen) atoms. The van der Waals surface area contributed by atoms with E-state index in [2.05, 4.69) is 10.7 Å². The molecular formula is C22H15Cl2N3O3S3. The molecule has 0 radical (unpaired) electrons. The van der Waals surface area contributed by atoms with Crippen molar-refractivity contribution in [2.24, 2.45) is 0 Å². The summed E-state index contributed by atoms with van der Waals surface area (Å²) in [6.45, 7) is 2.03. The summed E-state index contributed by atoms with van der Waals surface area (Å²) in [6, 6.07) is 15.7. The van der Waals surface area contributed by atoms with Crippen molar-refractivity contribution < 1.29 is 14.0 Å². The van der Waals surface area contributed by atoms with Gasteiger partial charge in [0.15, 0.2) is 9.41 Å². The smallest absolute Gasteiger partial charge is 0.338 e. The van der Waals surface area contributed by atoms with E-state index in [9.17, 15) is 9.59 Å². The Morgan fingerprint density at radius 1 is 1.12 bits per heavy atom. The molecule has 4 rings (SSSR count). The number of hydrogen-bond acceptors (Lipinski definition) is 6. The number of benzene rings is 2. The lowest BCUT2D eigenvalue weighted by atomic mass is 10.2. The number of hydrogen-bond donors (Lipinski definition) is 2. The van der Waals surface area contributed by atoms with Crippen molar-refractivity contribution in [1.29, 1.82) is 0 Å².